The lowest BCUT2D eigenvalue weighted by Gasteiger charge is -2.38. The molecule has 2 atom stereocenters. The van der Waals surface area contributed by atoms with Gasteiger partial charge >= 0.3 is 0 Å². The van der Waals surface area contributed by atoms with Gasteiger partial charge in [-0.2, -0.15) is 15.0 Å². The molecule has 3 heterocycles. The number of nitrogens with zero attached hydrogens (tertiary/aromatic N) is 5. The van der Waals surface area contributed by atoms with Crippen molar-refractivity contribution in [3.8, 4) is 11.4 Å². The second-order valence-corrected chi connectivity index (χ2v) is 7.79. The molecule has 1 aliphatic rings. The van der Waals surface area contributed by atoms with E-state index in [0.29, 0.717) is 17.8 Å². The number of hydrogen-bond acceptors (Lipinski definition) is 5. The van der Waals surface area contributed by atoms with Crippen LogP contribution >= 0.6 is 0 Å². The summed E-state index contributed by atoms with van der Waals surface area (Å²) < 4.78 is 6.37. The molecule has 4 aromatic rings. The van der Waals surface area contributed by atoms with E-state index in [1.54, 1.807) is 18.6 Å². The fourth-order valence-electron chi connectivity index (χ4n) is 4.13. The van der Waals surface area contributed by atoms with Crippen LogP contribution in [0.15, 0.2) is 73.2 Å². The summed E-state index contributed by atoms with van der Waals surface area (Å²) in [5, 5.41) is 9.38. The Hall–Kier alpha value is -3.74. The maximum Gasteiger partial charge on any atom is 0.256 e. The van der Waals surface area contributed by atoms with Crippen LogP contribution in [0, 0.1) is 0 Å². The summed E-state index contributed by atoms with van der Waals surface area (Å²) in [6.45, 7) is 2.61. The molecule has 0 unspecified atom stereocenters. The number of fused-ring (bicyclic) bond motifs is 1. The molecule has 1 amide bonds. The standard InChI is InChI=1S/C24H23N5O2/c1-17-11-12-18(31-23-10-4-8-21-19(23)7-5-13-25-21)16-28(17)24(30)20-6-2-3-9-22(20)29-26-14-15-27-29/h2-10,13-15,17-18H,11-12,16H2,1H3/t17-,18-/m0/s1. The van der Waals surface area contributed by atoms with Gasteiger partial charge in [0.05, 0.1) is 35.7 Å². The molecule has 0 saturated carbocycles. The Labute approximate surface area is 180 Å². The molecule has 0 N–H and O–H groups in total. The number of piperidine rings is 1. The second-order valence-electron chi connectivity index (χ2n) is 7.79. The molecule has 156 valence electrons. The van der Waals surface area contributed by atoms with Gasteiger partial charge in [0, 0.05) is 17.6 Å². The predicted octanol–water partition coefficient (Wildman–Crippen LogP) is 3.89. The molecular formula is C24H23N5O2. The molecule has 2 aromatic carbocycles. The van der Waals surface area contributed by atoms with Crippen molar-refractivity contribution in [2.24, 2.45) is 0 Å². The van der Waals surface area contributed by atoms with Crippen LogP contribution in [0.4, 0.5) is 0 Å². The normalized spacial score (nSPS) is 18.8. The molecule has 7 nitrogen and oxygen atoms in total. The second kappa shape index (κ2) is 8.18. The summed E-state index contributed by atoms with van der Waals surface area (Å²) in [6.07, 6.45) is 6.68. The highest BCUT2D eigenvalue weighted by Crippen LogP contribution is 2.29. The van der Waals surface area contributed by atoms with Crippen molar-refractivity contribution in [3.63, 3.8) is 0 Å². The van der Waals surface area contributed by atoms with Gasteiger partial charge < -0.3 is 9.64 Å². The summed E-state index contributed by atoms with van der Waals surface area (Å²) in [5.74, 6) is 0.770. The largest absolute Gasteiger partial charge is 0.488 e. The van der Waals surface area contributed by atoms with Gasteiger partial charge in [0.25, 0.3) is 5.91 Å². The first-order valence-corrected chi connectivity index (χ1v) is 10.5. The van der Waals surface area contributed by atoms with E-state index >= 15 is 0 Å². The lowest BCUT2D eigenvalue weighted by Crippen LogP contribution is -2.49. The number of aromatic nitrogens is 4. The molecule has 1 fully saturated rings. The monoisotopic (exact) mass is 413 g/mol. The minimum absolute atomic E-state index is 0.0340. The lowest BCUT2D eigenvalue weighted by atomic mass is 9.99. The van der Waals surface area contributed by atoms with E-state index in [-0.39, 0.29) is 18.1 Å². The van der Waals surface area contributed by atoms with E-state index in [4.69, 9.17) is 4.74 Å². The fraction of sp³-hybridized carbons (Fsp3) is 0.250. The van der Waals surface area contributed by atoms with Gasteiger partial charge in [-0.1, -0.05) is 18.2 Å². The zero-order valence-electron chi connectivity index (χ0n) is 17.3. The third-order valence-electron chi connectivity index (χ3n) is 5.77. The average molecular weight is 413 g/mol. The van der Waals surface area contributed by atoms with Crippen molar-refractivity contribution in [2.45, 2.75) is 31.9 Å². The topological polar surface area (TPSA) is 73.1 Å². The number of rotatable bonds is 4. The number of pyridine rings is 1. The summed E-state index contributed by atoms with van der Waals surface area (Å²) in [6, 6.07) is 17.4. The number of hydrogen-bond donors (Lipinski definition) is 0. The van der Waals surface area contributed by atoms with Gasteiger partial charge in [-0.05, 0) is 56.2 Å². The van der Waals surface area contributed by atoms with E-state index < -0.39 is 0 Å². The number of carbonyl (C=O) groups is 1. The van der Waals surface area contributed by atoms with E-state index in [0.717, 1.165) is 29.5 Å². The smallest absolute Gasteiger partial charge is 0.256 e. The molecular weight excluding hydrogens is 390 g/mol. The van der Waals surface area contributed by atoms with Crippen LogP contribution in [0.3, 0.4) is 0 Å². The molecule has 1 saturated heterocycles. The van der Waals surface area contributed by atoms with Crippen molar-refractivity contribution < 1.29 is 9.53 Å². The SMILES string of the molecule is C[C@H]1CC[C@H](Oc2cccc3ncccc23)CN1C(=O)c1ccccc1-n1nccn1. The van der Waals surface area contributed by atoms with Crippen molar-refractivity contribution in [2.75, 3.05) is 6.54 Å². The summed E-state index contributed by atoms with van der Waals surface area (Å²) in [4.78, 5) is 21.3. The number of benzene rings is 2. The van der Waals surface area contributed by atoms with Gasteiger partial charge in [-0.25, -0.2) is 0 Å². The van der Waals surface area contributed by atoms with Crippen molar-refractivity contribution in [1.82, 2.24) is 24.9 Å². The molecule has 0 aliphatic carbocycles. The maximum atomic E-state index is 13.5. The van der Waals surface area contributed by atoms with Crippen LogP contribution in [-0.2, 0) is 0 Å². The van der Waals surface area contributed by atoms with Crippen LogP contribution in [0.5, 0.6) is 5.75 Å². The van der Waals surface area contributed by atoms with Gasteiger partial charge in [0.1, 0.15) is 11.9 Å². The fourth-order valence-corrected chi connectivity index (χ4v) is 4.13. The number of carbonyl (C=O) groups excluding carboxylic acids is 1. The first-order valence-electron chi connectivity index (χ1n) is 10.5. The van der Waals surface area contributed by atoms with Crippen LogP contribution in [0.25, 0.3) is 16.6 Å². The van der Waals surface area contributed by atoms with Gasteiger partial charge in [-0.3, -0.25) is 9.78 Å². The third kappa shape index (κ3) is 3.74. The first kappa shape index (κ1) is 19.2. The van der Waals surface area contributed by atoms with Gasteiger partial charge in [0.15, 0.2) is 0 Å². The third-order valence-corrected chi connectivity index (χ3v) is 5.77. The molecule has 7 heteroatoms. The van der Waals surface area contributed by atoms with E-state index in [1.165, 1.54) is 4.80 Å². The zero-order chi connectivity index (χ0) is 21.2. The Morgan fingerprint density at radius 2 is 1.81 bits per heavy atom. The summed E-state index contributed by atoms with van der Waals surface area (Å²) in [5.41, 5.74) is 2.16. The minimum atomic E-state index is -0.0825. The number of likely N-dealkylation sites (tertiary alicyclic amines) is 1. The lowest BCUT2D eigenvalue weighted by molar-refractivity contribution is 0.0388. The van der Waals surface area contributed by atoms with E-state index in [2.05, 4.69) is 22.1 Å². The molecule has 1 aliphatic heterocycles. The quantitative estimate of drug-likeness (QED) is 0.508. The van der Waals surface area contributed by atoms with Gasteiger partial charge in [-0.15, -0.1) is 0 Å². The highest BCUT2D eigenvalue weighted by Gasteiger charge is 2.32. The van der Waals surface area contributed by atoms with Crippen molar-refractivity contribution in [1.29, 1.82) is 0 Å². The molecule has 0 radical (unpaired) electrons. The minimum Gasteiger partial charge on any atom is -0.488 e. The number of para-hydroxylation sites is 1. The Bertz CT molecular complexity index is 1200. The highest BCUT2D eigenvalue weighted by atomic mass is 16.5. The van der Waals surface area contributed by atoms with Crippen molar-refractivity contribution in [3.05, 3.63) is 78.8 Å². The summed E-state index contributed by atoms with van der Waals surface area (Å²) >= 11 is 0. The summed E-state index contributed by atoms with van der Waals surface area (Å²) in [7, 11) is 0. The van der Waals surface area contributed by atoms with E-state index in [9.17, 15) is 4.79 Å². The predicted molar refractivity (Wildman–Crippen MR) is 117 cm³/mol. The molecule has 2 aromatic heterocycles. The molecule has 31 heavy (non-hydrogen) atoms. The maximum absolute atomic E-state index is 13.5. The number of ether oxygens (including phenoxy) is 1. The highest BCUT2D eigenvalue weighted by molar-refractivity contribution is 5.98. The van der Waals surface area contributed by atoms with Crippen LogP contribution < -0.4 is 4.74 Å². The Morgan fingerprint density at radius 1 is 0.968 bits per heavy atom. The molecule has 5 rings (SSSR count). The number of amides is 1. The molecule has 0 spiro atoms. The van der Waals surface area contributed by atoms with Gasteiger partial charge in [0.2, 0.25) is 0 Å². The van der Waals surface area contributed by atoms with Crippen LogP contribution in [0.1, 0.15) is 30.1 Å². The Balaban J connectivity index is 1.40. The van der Waals surface area contributed by atoms with Crippen LogP contribution in [-0.4, -0.2) is 49.5 Å². The first-order chi connectivity index (χ1) is 15.2. The Morgan fingerprint density at radius 3 is 2.68 bits per heavy atom. The van der Waals surface area contributed by atoms with Crippen LogP contribution in [0.2, 0.25) is 0 Å². The molecule has 0 bridgehead atoms. The Kier molecular flexibility index (Phi) is 5.08. The van der Waals surface area contributed by atoms with E-state index in [1.807, 2.05) is 59.5 Å². The van der Waals surface area contributed by atoms with Crippen molar-refractivity contribution >= 4 is 16.8 Å². The zero-order valence-corrected chi connectivity index (χ0v) is 17.3. The average Bonchev–Trinajstić information content (AvgIpc) is 3.35.